The summed E-state index contributed by atoms with van der Waals surface area (Å²) in [5.74, 6) is -0.0947. The SMILES string of the molecule is CCOC(=O)c1ccc(N=Cc2sc3ccccc3c2O)cc1. The maximum Gasteiger partial charge on any atom is 0.338 e. The zero-order chi connectivity index (χ0) is 16.2. The van der Waals surface area contributed by atoms with Crippen LogP contribution in [0.3, 0.4) is 0 Å². The number of rotatable bonds is 4. The normalized spacial score (nSPS) is 11.2. The number of esters is 1. The second-order valence-corrected chi connectivity index (χ2v) is 5.92. The van der Waals surface area contributed by atoms with Gasteiger partial charge in [-0.1, -0.05) is 12.1 Å². The highest BCUT2D eigenvalue weighted by molar-refractivity contribution is 7.21. The van der Waals surface area contributed by atoms with E-state index >= 15 is 0 Å². The first-order chi connectivity index (χ1) is 11.2. The van der Waals surface area contributed by atoms with Crippen LogP contribution >= 0.6 is 11.3 Å². The smallest absolute Gasteiger partial charge is 0.338 e. The summed E-state index contributed by atoms with van der Waals surface area (Å²) in [6, 6.07) is 14.5. The monoisotopic (exact) mass is 325 g/mol. The number of hydrogen-bond acceptors (Lipinski definition) is 5. The molecule has 0 atom stereocenters. The summed E-state index contributed by atoms with van der Waals surface area (Å²) in [6.45, 7) is 2.12. The molecule has 0 saturated carbocycles. The molecule has 2 aromatic carbocycles. The van der Waals surface area contributed by atoms with Gasteiger partial charge in [0.25, 0.3) is 0 Å². The van der Waals surface area contributed by atoms with Crippen LogP contribution in [-0.4, -0.2) is 23.9 Å². The maximum atomic E-state index is 11.6. The molecule has 0 amide bonds. The number of carbonyl (C=O) groups excluding carboxylic acids is 1. The lowest BCUT2D eigenvalue weighted by atomic mass is 10.2. The van der Waals surface area contributed by atoms with E-state index in [1.807, 2.05) is 24.3 Å². The molecule has 0 bridgehead atoms. The molecule has 3 rings (SSSR count). The molecule has 1 aromatic heterocycles. The second kappa shape index (κ2) is 6.62. The van der Waals surface area contributed by atoms with Crippen LogP contribution in [0, 0.1) is 0 Å². The first-order valence-corrected chi connectivity index (χ1v) is 8.02. The van der Waals surface area contributed by atoms with Gasteiger partial charge in [-0.2, -0.15) is 0 Å². The summed E-state index contributed by atoms with van der Waals surface area (Å²) in [5, 5.41) is 11.0. The Kier molecular flexibility index (Phi) is 4.39. The predicted molar refractivity (Wildman–Crippen MR) is 93.1 cm³/mol. The van der Waals surface area contributed by atoms with Crippen molar-refractivity contribution in [2.45, 2.75) is 6.92 Å². The summed E-state index contributed by atoms with van der Waals surface area (Å²) in [4.78, 5) is 16.6. The van der Waals surface area contributed by atoms with Crippen molar-refractivity contribution in [1.82, 2.24) is 0 Å². The molecule has 0 fully saturated rings. The van der Waals surface area contributed by atoms with E-state index in [1.54, 1.807) is 37.4 Å². The molecule has 23 heavy (non-hydrogen) atoms. The molecule has 116 valence electrons. The van der Waals surface area contributed by atoms with Crippen molar-refractivity contribution in [3.63, 3.8) is 0 Å². The van der Waals surface area contributed by atoms with Crippen LogP contribution in [0.5, 0.6) is 5.75 Å². The average Bonchev–Trinajstić information content (AvgIpc) is 2.90. The van der Waals surface area contributed by atoms with Crippen molar-refractivity contribution in [2.75, 3.05) is 6.61 Å². The van der Waals surface area contributed by atoms with Crippen molar-refractivity contribution in [2.24, 2.45) is 4.99 Å². The lowest BCUT2D eigenvalue weighted by molar-refractivity contribution is 0.0526. The Balaban J connectivity index is 1.81. The molecule has 0 aliphatic carbocycles. The molecule has 0 aliphatic rings. The molecule has 1 heterocycles. The number of hydrogen-bond donors (Lipinski definition) is 1. The van der Waals surface area contributed by atoms with E-state index in [0.717, 1.165) is 10.1 Å². The molecular weight excluding hydrogens is 310 g/mol. The summed E-state index contributed by atoms with van der Waals surface area (Å²) < 4.78 is 5.96. The van der Waals surface area contributed by atoms with Gasteiger partial charge in [0.15, 0.2) is 0 Å². The Bertz CT molecular complexity index is 866. The maximum absolute atomic E-state index is 11.6. The van der Waals surface area contributed by atoms with Crippen LogP contribution in [0.2, 0.25) is 0 Å². The van der Waals surface area contributed by atoms with Gasteiger partial charge >= 0.3 is 5.97 Å². The molecule has 0 radical (unpaired) electrons. The Hall–Kier alpha value is -2.66. The van der Waals surface area contributed by atoms with Gasteiger partial charge in [-0.15, -0.1) is 11.3 Å². The zero-order valence-corrected chi connectivity index (χ0v) is 13.3. The van der Waals surface area contributed by atoms with E-state index in [2.05, 4.69) is 4.99 Å². The number of thiophene rings is 1. The minimum atomic E-state index is -0.342. The summed E-state index contributed by atoms with van der Waals surface area (Å²) >= 11 is 1.48. The molecule has 3 aromatic rings. The highest BCUT2D eigenvalue weighted by Crippen LogP contribution is 2.35. The van der Waals surface area contributed by atoms with Gasteiger partial charge in [-0.3, -0.25) is 4.99 Å². The Morgan fingerprint density at radius 1 is 1.22 bits per heavy atom. The van der Waals surface area contributed by atoms with E-state index in [4.69, 9.17) is 4.74 Å². The average molecular weight is 325 g/mol. The number of carbonyl (C=O) groups is 1. The largest absolute Gasteiger partial charge is 0.506 e. The second-order valence-electron chi connectivity index (χ2n) is 4.84. The molecule has 5 heteroatoms. The van der Waals surface area contributed by atoms with Crippen molar-refractivity contribution in [3.05, 3.63) is 59.0 Å². The van der Waals surface area contributed by atoms with Crippen LogP contribution in [-0.2, 0) is 4.74 Å². The van der Waals surface area contributed by atoms with Crippen LogP contribution in [0.15, 0.2) is 53.5 Å². The number of benzene rings is 2. The Morgan fingerprint density at radius 3 is 2.65 bits per heavy atom. The van der Waals surface area contributed by atoms with Crippen molar-refractivity contribution in [1.29, 1.82) is 0 Å². The fourth-order valence-corrected chi connectivity index (χ4v) is 3.14. The van der Waals surface area contributed by atoms with Gasteiger partial charge in [0.05, 0.1) is 22.7 Å². The number of aromatic hydroxyl groups is 1. The first-order valence-electron chi connectivity index (χ1n) is 7.21. The van der Waals surface area contributed by atoms with Gasteiger partial charge < -0.3 is 9.84 Å². The van der Waals surface area contributed by atoms with Gasteiger partial charge in [-0.05, 0) is 43.3 Å². The third-order valence-corrected chi connectivity index (χ3v) is 4.40. The zero-order valence-electron chi connectivity index (χ0n) is 12.5. The topological polar surface area (TPSA) is 58.9 Å². The third-order valence-electron chi connectivity index (χ3n) is 3.30. The molecule has 0 spiro atoms. The van der Waals surface area contributed by atoms with Gasteiger partial charge in [-0.25, -0.2) is 4.79 Å². The fourth-order valence-electron chi connectivity index (χ4n) is 2.17. The van der Waals surface area contributed by atoms with E-state index in [1.165, 1.54) is 11.3 Å². The van der Waals surface area contributed by atoms with Crippen LogP contribution in [0.1, 0.15) is 22.2 Å². The standard InChI is InChI=1S/C18H15NO3S/c1-2-22-18(21)12-7-9-13(10-8-12)19-11-16-17(20)14-5-3-4-6-15(14)23-16/h3-11,20H,2H2,1H3. The minimum Gasteiger partial charge on any atom is -0.506 e. The quantitative estimate of drug-likeness (QED) is 0.566. The number of aliphatic imine (C=N–C) groups is 1. The first kappa shape index (κ1) is 15.2. The Labute approximate surface area is 137 Å². The molecule has 0 saturated heterocycles. The lowest BCUT2D eigenvalue weighted by Crippen LogP contribution is -2.03. The van der Waals surface area contributed by atoms with E-state index in [0.29, 0.717) is 22.7 Å². The van der Waals surface area contributed by atoms with Crippen molar-refractivity contribution in [3.8, 4) is 5.75 Å². The third kappa shape index (κ3) is 3.24. The van der Waals surface area contributed by atoms with E-state index in [-0.39, 0.29) is 11.7 Å². The van der Waals surface area contributed by atoms with Gasteiger partial charge in [0, 0.05) is 16.3 Å². The van der Waals surface area contributed by atoms with Crippen molar-refractivity contribution >= 4 is 39.3 Å². The molecular formula is C18H15NO3S. The predicted octanol–water partition coefficient (Wildman–Crippen LogP) is 4.53. The highest BCUT2D eigenvalue weighted by Gasteiger charge is 2.09. The molecule has 4 nitrogen and oxygen atoms in total. The summed E-state index contributed by atoms with van der Waals surface area (Å²) in [6.07, 6.45) is 1.64. The Morgan fingerprint density at radius 2 is 1.96 bits per heavy atom. The summed E-state index contributed by atoms with van der Waals surface area (Å²) in [7, 11) is 0. The van der Waals surface area contributed by atoms with Crippen LogP contribution in [0.25, 0.3) is 10.1 Å². The van der Waals surface area contributed by atoms with Crippen molar-refractivity contribution < 1.29 is 14.6 Å². The summed E-state index contributed by atoms with van der Waals surface area (Å²) in [5.41, 5.74) is 1.20. The molecule has 0 aliphatic heterocycles. The number of nitrogens with zero attached hydrogens (tertiary/aromatic N) is 1. The minimum absolute atomic E-state index is 0.248. The van der Waals surface area contributed by atoms with Crippen LogP contribution < -0.4 is 0 Å². The van der Waals surface area contributed by atoms with Gasteiger partial charge in [0.2, 0.25) is 0 Å². The van der Waals surface area contributed by atoms with Gasteiger partial charge in [0.1, 0.15) is 5.75 Å². The van der Waals surface area contributed by atoms with E-state index < -0.39 is 0 Å². The number of fused-ring (bicyclic) bond motifs is 1. The number of ether oxygens (including phenoxy) is 1. The van der Waals surface area contributed by atoms with Crippen LogP contribution in [0.4, 0.5) is 5.69 Å². The fraction of sp³-hybridized carbons (Fsp3) is 0.111. The molecule has 0 unspecified atom stereocenters. The molecule has 1 N–H and O–H groups in total. The highest BCUT2D eigenvalue weighted by atomic mass is 32.1. The lowest BCUT2D eigenvalue weighted by Gasteiger charge is -2.01. The van der Waals surface area contributed by atoms with E-state index in [9.17, 15) is 9.90 Å².